The van der Waals surface area contributed by atoms with Crippen molar-refractivity contribution in [2.75, 3.05) is 13.2 Å². The molecule has 2 saturated heterocycles. The second-order valence-corrected chi connectivity index (χ2v) is 22.6. The Labute approximate surface area is 471 Å². The number of amides is 1. The summed E-state index contributed by atoms with van der Waals surface area (Å²) in [6.45, 7) is 9.99. The maximum absolute atomic E-state index is 14.1. The molecule has 6 rings (SSSR count). The molecule has 10 heteroatoms. The Morgan fingerprint density at radius 3 is 1.35 bits per heavy atom. The third-order valence-corrected chi connectivity index (χ3v) is 15.3. The van der Waals surface area contributed by atoms with Gasteiger partial charge < -0.3 is 43.2 Å². The van der Waals surface area contributed by atoms with E-state index in [1.807, 2.05) is 98.8 Å². The predicted molar refractivity (Wildman–Crippen MR) is 314 cm³/mol. The number of nitrogens with one attached hydrogen (secondary N) is 1. The van der Waals surface area contributed by atoms with Crippen LogP contribution in [0.1, 0.15) is 204 Å². The van der Waals surface area contributed by atoms with Crippen LogP contribution in [0.5, 0.6) is 0 Å². The quantitative estimate of drug-likeness (QED) is 0.0435. The van der Waals surface area contributed by atoms with Crippen LogP contribution in [0.15, 0.2) is 121 Å². The van der Waals surface area contributed by atoms with E-state index in [1.165, 1.54) is 109 Å². The van der Waals surface area contributed by atoms with Crippen LogP contribution in [0.3, 0.4) is 0 Å². The first-order valence-electron chi connectivity index (χ1n) is 30.8. The predicted octanol–water partition coefficient (Wildman–Crippen LogP) is 16.1. The van der Waals surface area contributed by atoms with Gasteiger partial charge in [-0.05, 0) is 48.9 Å². The maximum Gasteiger partial charge on any atom is 0.220 e. The van der Waals surface area contributed by atoms with Gasteiger partial charge in [-0.25, -0.2) is 0 Å². The van der Waals surface area contributed by atoms with Gasteiger partial charge in [0.2, 0.25) is 5.91 Å². The van der Waals surface area contributed by atoms with Crippen molar-refractivity contribution in [1.82, 2.24) is 5.32 Å². The van der Waals surface area contributed by atoms with E-state index in [-0.39, 0.29) is 31.8 Å². The summed E-state index contributed by atoms with van der Waals surface area (Å²) in [6.07, 6.45) is 25.3. The standard InChI is InChI=1S/C68H101NO9/c1-5-7-9-10-11-12-13-14-15-16-17-18-19-20-21-22-23-24-25-38-48-62(70)69-59(63-60(47-8-6-2)77-68(3,4)78-63)53-75-67-66(74-52-58-45-36-29-37-46-58)65(73-51-57-43-34-28-35-44-57)64(72-50-56-41-32-27-33-42-56)61(76-67)54-71-49-55-39-30-26-31-40-55/h26-37,39-46,59-61,63-67H,5-25,38,47-54H2,1-4H3,(H,69,70)/t59-,60?,61?,63-,64?,65?,66?,67?/m0/s1. The molecule has 6 unspecified atom stereocenters. The van der Waals surface area contributed by atoms with Crippen molar-refractivity contribution in [3.05, 3.63) is 144 Å². The van der Waals surface area contributed by atoms with E-state index in [9.17, 15) is 4.79 Å². The zero-order chi connectivity index (χ0) is 54.7. The number of unbranched alkanes of at least 4 members (excludes halogenated alkanes) is 20. The molecule has 2 aliphatic heterocycles. The van der Waals surface area contributed by atoms with Crippen LogP contribution >= 0.6 is 0 Å². The minimum absolute atomic E-state index is 0.0133. The first kappa shape index (κ1) is 63.2. The highest BCUT2D eigenvalue weighted by molar-refractivity contribution is 5.76. The highest BCUT2D eigenvalue weighted by Gasteiger charge is 2.51. The summed E-state index contributed by atoms with van der Waals surface area (Å²) in [5.41, 5.74) is 4.10. The molecule has 0 saturated carbocycles. The molecule has 1 N–H and O–H groups in total. The molecule has 2 fully saturated rings. The van der Waals surface area contributed by atoms with Gasteiger partial charge >= 0.3 is 0 Å². The van der Waals surface area contributed by atoms with Gasteiger partial charge in [-0.15, -0.1) is 0 Å². The van der Waals surface area contributed by atoms with E-state index in [0.29, 0.717) is 26.2 Å². The molecule has 10 nitrogen and oxygen atoms in total. The molecular weight excluding hydrogens is 975 g/mol. The van der Waals surface area contributed by atoms with Gasteiger partial charge in [0.05, 0.1) is 51.8 Å². The molecule has 78 heavy (non-hydrogen) atoms. The Hall–Kier alpha value is -3.97. The van der Waals surface area contributed by atoms with Crippen molar-refractivity contribution in [2.45, 2.75) is 263 Å². The zero-order valence-electron chi connectivity index (χ0n) is 48.6. The zero-order valence-corrected chi connectivity index (χ0v) is 48.6. The topological polar surface area (TPSA) is 103 Å². The summed E-state index contributed by atoms with van der Waals surface area (Å²) < 4.78 is 54.7. The second kappa shape index (κ2) is 37.9. The van der Waals surface area contributed by atoms with Gasteiger partial charge in [0.1, 0.15) is 30.5 Å². The van der Waals surface area contributed by atoms with Gasteiger partial charge in [0.25, 0.3) is 0 Å². The fourth-order valence-corrected chi connectivity index (χ4v) is 11.0. The van der Waals surface area contributed by atoms with Crippen LogP contribution in [-0.4, -0.2) is 73.9 Å². The summed E-state index contributed by atoms with van der Waals surface area (Å²) in [5, 5.41) is 3.40. The van der Waals surface area contributed by atoms with E-state index < -0.39 is 48.6 Å². The van der Waals surface area contributed by atoms with Crippen LogP contribution in [0.4, 0.5) is 0 Å². The highest BCUT2D eigenvalue weighted by Crippen LogP contribution is 2.35. The van der Waals surface area contributed by atoms with Gasteiger partial charge in [0.15, 0.2) is 12.1 Å². The molecule has 2 heterocycles. The third kappa shape index (κ3) is 24.4. The van der Waals surface area contributed by atoms with Crippen LogP contribution < -0.4 is 5.32 Å². The lowest BCUT2D eigenvalue weighted by atomic mass is 9.97. The van der Waals surface area contributed by atoms with Crippen molar-refractivity contribution in [1.29, 1.82) is 0 Å². The van der Waals surface area contributed by atoms with Crippen molar-refractivity contribution >= 4 is 5.91 Å². The monoisotopic (exact) mass is 1080 g/mol. The minimum atomic E-state index is -0.940. The molecule has 4 aromatic carbocycles. The van der Waals surface area contributed by atoms with Crippen molar-refractivity contribution in [2.24, 2.45) is 0 Å². The fraction of sp³-hybridized carbons (Fsp3) is 0.632. The largest absolute Gasteiger partial charge is 0.374 e. The van der Waals surface area contributed by atoms with Crippen LogP contribution in [0.25, 0.3) is 0 Å². The van der Waals surface area contributed by atoms with E-state index in [2.05, 4.69) is 55.6 Å². The molecule has 1 amide bonds. The van der Waals surface area contributed by atoms with E-state index in [0.717, 1.165) is 60.8 Å². The van der Waals surface area contributed by atoms with Crippen molar-refractivity contribution in [3.8, 4) is 0 Å². The lowest BCUT2D eigenvalue weighted by Gasteiger charge is -2.46. The van der Waals surface area contributed by atoms with E-state index >= 15 is 0 Å². The molecule has 0 aliphatic carbocycles. The Bertz CT molecular complexity index is 2090. The summed E-state index contributed by atoms with van der Waals surface area (Å²) in [6, 6.07) is 40.0. The molecule has 432 valence electrons. The van der Waals surface area contributed by atoms with Crippen LogP contribution in [0, 0.1) is 0 Å². The number of benzene rings is 4. The summed E-state index contributed by atoms with van der Waals surface area (Å²) in [5.74, 6) is -0.844. The Morgan fingerprint density at radius 1 is 0.474 bits per heavy atom. The van der Waals surface area contributed by atoms with Gasteiger partial charge in [-0.1, -0.05) is 270 Å². The Balaban J connectivity index is 1.10. The third-order valence-electron chi connectivity index (χ3n) is 15.3. The number of carbonyl (C=O) groups excluding carboxylic acids is 1. The first-order valence-corrected chi connectivity index (χ1v) is 30.8. The van der Waals surface area contributed by atoms with E-state index in [1.54, 1.807) is 0 Å². The van der Waals surface area contributed by atoms with Crippen LogP contribution in [-0.2, 0) is 69.1 Å². The molecule has 0 radical (unpaired) electrons. The molecular formula is C68H101NO9. The summed E-state index contributed by atoms with van der Waals surface area (Å²) >= 11 is 0. The SMILES string of the molecule is CCCCCCCCCCCCCCCCCCCCCCC(=O)N[C@@H](COC1OC(COCc2ccccc2)C(OCc2ccccc2)C(OCc2ccccc2)C1OCc1ccccc1)[C@@H]1OC(C)(C)OC1CCCC. The van der Waals surface area contributed by atoms with Gasteiger partial charge in [0, 0.05) is 6.42 Å². The number of ether oxygens (including phenoxy) is 8. The number of carbonyl (C=O) groups is 1. The van der Waals surface area contributed by atoms with Crippen molar-refractivity contribution < 1.29 is 42.7 Å². The molecule has 0 aromatic heterocycles. The fourth-order valence-electron chi connectivity index (χ4n) is 11.0. The van der Waals surface area contributed by atoms with Gasteiger partial charge in [-0.3, -0.25) is 4.79 Å². The Kier molecular flexibility index (Phi) is 30.7. The lowest BCUT2D eigenvalue weighted by Crippen LogP contribution is -2.62. The summed E-state index contributed by atoms with van der Waals surface area (Å²) in [4.78, 5) is 14.1. The Morgan fingerprint density at radius 2 is 0.885 bits per heavy atom. The normalized spacial score (nSPS) is 21.4. The lowest BCUT2D eigenvalue weighted by molar-refractivity contribution is -0.329. The molecule has 8 atom stereocenters. The maximum atomic E-state index is 14.1. The van der Waals surface area contributed by atoms with Crippen molar-refractivity contribution in [3.63, 3.8) is 0 Å². The molecule has 4 aromatic rings. The molecule has 0 spiro atoms. The average molecular weight is 1080 g/mol. The smallest absolute Gasteiger partial charge is 0.220 e. The molecule has 0 bridgehead atoms. The van der Waals surface area contributed by atoms with Gasteiger partial charge in [-0.2, -0.15) is 0 Å². The average Bonchev–Trinajstić information content (AvgIpc) is 3.88. The molecule has 2 aliphatic rings. The second-order valence-electron chi connectivity index (χ2n) is 22.6. The number of hydrogen-bond acceptors (Lipinski definition) is 9. The minimum Gasteiger partial charge on any atom is -0.374 e. The van der Waals surface area contributed by atoms with E-state index in [4.69, 9.17) is 37.9 Å². The van der Waals surface area contributed by atoms with Crippen LogP contribution in [0.2, 0.25) is 0 Å². The number of hydrogen-bond donors (Lipinski definition) is 1. The highest BCUT2D eigenvalue weighted by atomic mass is 16.8. The first-order chi connectivity index (χ1) is 38.3. The number of rotatable bonds is 42. The summed E-state index contributed by atoms with van der Waals surface area (Å²) in [7, 11) is 0.